The fraction of sp³-hybridized carbons (Fsp3) is 0.667. The number of hydrogen-bond acceptors (Lipinski definition) is 2. The van der Waals surface area contributed by atoms with E-state index in [1.165, 1.54) is 0 Å². The van der Waals surface area contributed by atoms with Gasteiger partial charge in [0.1, 0.15) is 5.78 Å². The van der Waals surface area contributed by atoms with Crippen LogP contribution in [0.4, 0.5) is 0 Å². The molecule has 0 saturated heterocycles. The number of nitrogens with zero attached hydrogens (tertiary/aromatic N) is 2. The smallest absolute Gasteiger partial charge is 0.133 e. The Morgan fingerprint density at radius 3 is 2.80 bits per heavy atom. The molecule has 0 fully saturated rings. The third-order valence-electron chi connectivity index (χ3n) is 2.34. The molecule has 1 aromatic heterocycles. The third kappa shape index (κ3) is 4.28. The lowest BCUT2D eigenvalue weighted by molar-refractivity contribution is -0.119. The van der Waals surface area contributed by atoms with E-state index in [0.717, 1.165) is 18.5 Å². The minimum absolute atomic E-state index is 0.356. The predicted octanol–water partition coefficient (Wildman–Crippen LogP) is 2.45. The number of rotatable bonds is 6. The first-order chi connectivity index (χ1) is 7.11. The number of hydrogen-bond donors (Lipinski definition) is 0. The number of carbonyl (C=O) groups is 1. The quantitative estimate of drug-likeness (QED) is 0.719. The van der Waals surface area contributed by atoms with Crippen molar-refractivity contribution < 1.29 is 4.79 Å². The molecule has 0 atom stereocenters. The van der Waals surface area contributed by atoms with E-state index < -0.39 is 0 Å². The van der Waals surface area contributed by atoms with E-state index in [4.69, 9.17) is 0 Å². The molecule has 0 unspecified atom stereocenters. The SMILES string of the molecule is CCn1cc(CCC(=O)CC(C)C)cn1. The maximum atomic E-state index is 11.5. The molecule has 0 amide bonds. The first-order valence-electron chi connectivity index (χ1n) is 5.64. The van der Waals surface area contributed by atoms with Crippen LogP contribution in [-0.2, 0) is 17.8 Å². The second-order valence-corrected chi connectivity index (χ2v) is 4.34. The zero-order chi connectivity index (χ0) is 11.3. The topological polar surface area (TPSA) is 34.9 Å². The van der Waals surface area contributed by atoms with E-state index in [-0.39, 0.29) is 0 Å². The number of Topliss-reactive ketones (excluding diaryl/α,β-unsaturated/α-hetero) is 1. The zero-order valence-electron chi connectivity index (χ0n) is 9.86. The maximum absolute atomic E-state index is 11.5. The van der Waals surface area contributed by atoms with Gasteiger partial charge in [-0.2, -0.15) is 5.10 Å². The van der Waals surface area contributed by atoms with Crippen molar-refractivity contribution >= 4 is 5.78 Å². The van der Waals surface area contributed by atoms with Gasteiger partial charge in [0.2, 0.25) is 0 Å². The Morgan fingerprint density at radius 1 is 1.53 bits per heavy atom. The van der Waals surface area contributed by atoms with Crippen molar-refractivity contribution in [3.63, 3.8) is 0 Å². The standard InChI is InChI=1S/C12H20N2O/c1-4-14-9-11(8-13-14)5-6-12(15)7-10(2)3/h8-10H,4-7H2,1-3H3. The molecule has 0 spiro atoms. The van der Waals surface area contributed by atoms with Crippen LogP contribution in [-0.4, -0.2) is 15.6 Å². The van der Waals surface area contributed by atoms with Crippen LogP contribution >= 0.6 is 0 Å². The highest BCUT2D eigenvalue weighted by atomic mass is 16.1. The molecule has 1 rings (SSSR count). The fourth-order valence-corrected chi connectivity index (χ4v) is 1.55. The van der Waals surface area contributed by atoms with Gasteiger partial charge in [-0.15, -0.1) is 0 Å². The summed E-state index contributed by atoms with van der Waals surface area (Å²) in [6.45, 7) is 7.10. The van der Waals surface area contributed by atoms with Gasteiger partial charge in [-0.25, -0.2) is 0 Å². The highest BCUT2D eigenvalue weighted by Gasteiger charge is 2.06. The van der Waals surface area contributed by atoms with Gasteiger partial charge in [0.05, 0.1) is 6.20 Å². The van der Waals surface area contributed by atoms with Crippen LogP contribution < -0.4 is 0 Å². The molecular weight excluding hydrogens is 188 g/mol. The van der Waals surface area contributed by atoms with E-state index >= 15 is 0 Å². The molecule has 0 radical (unpaired) electrons. The van der Waals surface area contributed by atoms with Crippen LogP contribution in [0.3, 0.4) is 0 Å². The Labute approximate surface area is 91.5 Å². The summed E-state index contributed by atoms with van der Waals surface area (Å²) in [6.07, 6.45) is 6.04. The van der Waals surface area contributed by atoms with Crippen LogP contribution in [0.25, 0.3) is 0 Å². The van der Waals surface area contributed by atoms with E-state index in [9.17, 15) is 4.79 Å². The minimum Gasteiger partial charge on any atom is -0.300 e. The van der Waals surface area contributed by atoms with Gasteiger partial charge >= 0.3 is 0 Å². The molecule has 0 N–H and O–H groups in total. The number of aromatic nitrogens is 2. The number of aryl methyl sites for hydroxylation is 2. The summed E-state index contributed by atoms with van der Waals surface area (Å²) in [5.41, 5.74) is 1.16. The molecule has 15 heavy (non-hydrogen) atoms. The highest BCUT2D eigenvalue weighted by Crippen LogP contribution is 2.07. The zero-order valence-corrected chi connectivity index (χ0v) is 9.86. The van der Waals surface area contributed by atoms with Crippen LogP contribution in [0, 0.1) is 5.92 Å². The summed E-state index contributed by atoms with van der Waals surface area (Å²) in [7, 11) is 0. The molecule has 0 saturated carbocycles. The Kier molecular flexibility index (Phi) is 4.53. The largest absolute Gasteiger partial charge is 0.300 e. The van der Waals surface area contributed by atoms with Crippen molar-refractivity contribution in [2.75, 3.05) is 0 Å². The summed E-state index contributed by atoms with van der Waals surface area (Å²) in [5, 5.41) is 4.18. The van der Waals surface area contributed by atoms with Gasteiger partial charge in [-0.1, -0.05) is 13.8 Å². The Bertz CT molecular complexity index is 315. The van der Waals surface area contributed by atoms with Crippen molar-refractivity contribution in [2.24, 2.45) is 5.92 Å². The van der Waals surface area contributed by atoms with Crippen LogP contribution in [0.15, 0.2) is 12.4 Å². The number of ketones is 1. The molecule has 0 bridgehead atoms. The highest BCUT2D eigenvalue weighted by molar-refractivity contribution is 5.78. The lowest BCUT2D eigenvalue weighted by atomic mass is 10.0. The van der Waals surface area contributed by atoms with Crippen molar-refractivity contribution in [1.29, 1.82) is 0 Å². The molecule has 0 aliphatic heterocycles. The molecule has 0 aliphatic rings. The summed E-state index contributed by atoms with van der Waals surface area (Å²) in [4.78, 5) is 11.5. The molecule has 84 valence electrons. The second-order valence-electron chi connectivity index (χ2n) is 4.34. The monoisotopic (exact) mass is 208 g/mol. The van der Waals surface area contributed by atoms with E-state index in [1.54, 1.807) is 0 Å². The van der Waals surface area contributed by atoms with Crippen LogP contribution in [0.1, 0.15) is 39.2 Å². The van der Waals surface area contributed by atoms with Gasteiger partial charge in [-0.05, 0) is 24.8 Å². The average Bonchev–Trinajstić information content (AvgIpc) is 2.61. The first kappa shape index (κ1) is 12.0. The summed E-state index contributed by atoms with van der Waals surface area (Å²) in [5.74, 6) is 0.824. The Hall–Kier alpha value is -1.12. The third-order valence-corrected chi connectivity index (χ3v) is 2.34. The molecule has 0 aromatic carbocycles. The van der Waals surface area contributed by atoms with Crippen LogP contribution in [0.5, 0.6) is 0 Å². The Morgan fingerprint density at radius 2 is 2.27 bits per heavy atom. The van der Waals surface area contributed by atoms with E-state index in [2.05, 4.69) is 25.9 Å². The molecule has 3 nitrogen and oxygen atoms in total. The molecule has 1 aromatic rings. The second kappa shape index (κ2) is 5.69. The molecule has 3 heteroatoms. The van der Waals surface area contributed by atoms with Crippen LogP contribution in [0.2, 0.25) is 0 Å². The molecule has 1 heterocycles. The normalized spacial score (nSPS) is 10.9. The minimum atomic E-state index is 0.356. The molecule has 0 aliphatic carbocycles. The maximum Gasteiger partial charge on any atom is 0.133 e. The van der Waals surface area contributed by atoms with Gasteiger partial charge in [0, 0.05) is 25.6 Å². The van der Waals surface area contributed by atoms with E-state index in [0.29, 0.717) is 24.5 Å². The van der Waals surface area contributed by atoms with Crippen molar-refractivity contribution in [1.82, 2.24) is 9.78 Å². The van der Waals surface area contributed by atoms with Crippen molar-refractivity contribution in [3.05, 3.63) is 18.0 Å². The first-order valence-corrected chi connectivity index (χ1v) is 5.64. The lowest BCUT2D eigenvalue weighted by Crippen LogP contribution is -2.03. The predicted molar refractivity (Wildman–Crippen MR) is 60.7 cm³/mol. The summed E-state index contributed by atoms with van der Waals surface area (Å²) >= 11 is 0. The Balaban J connectivity index is 2.33. The van der Waals surface area contributed by atoms with Gasteiger partial charge in [0.15, 0.2) is 0 Å². The summed E-state index contributed by atoms with van der Waals surface area (Å²) in [6, 6.07) is 0. The van der Waals surface area contributed by atoms with Gasteiger partial charge in [0.25, 0.3) is 0 Å². The van der Waals surface area contributed by atoms with Crippen molar-refractivity contribution in [2.45, 2.75) is 46.6 Å². The van der Waals surface area contributed by atoms with Gasteiger partial charge in [-0.3, -0.25) is 9.48 Å². The lowest BCUT2D eigenvalue weighted by Gasteiger charge is -2.02. The molecular formula is C12H20N2O. The fourth-order valence-electron chi connectivity index (χ4n) is 1.55. The van der Waals surface area contributed by atoms with E-state index in [1.807, 2.05) is 17.1 Å². The summed E-state index contributed by atoms with van der Waals surface area (Å²) < 4.78 is 1.89. The van der Waals surface area contributed by atoms with Crippen molar-refractivity contribution in [3.8, 4) is 0 Å². The van der Waals surface area contributed by atoms with Gasteiger partial charge < -0.3 is 0 Å². The average molecular weight is 208 g/mol. The number of carbonyl (C=O) groups excluding carboxylic acids is 1.